The number of hydrogen-bond donors (Lipinski definition) is 0. The van der Waals surface area contributed by atoms with Gasteiger partial charge in [0.25, 0.3) is 5.79 Å². The number of rotatable bonds is 5. The highest BCUT2D eigenvalue weighted by Gasteiger charge is 2.46. The maximum atomic E-state index is 12.7. The zero-order chi connectivity index (χ0) is 24.4. The lowest BCUT2D eigenvalue weighted by molar-refractivity contribution is -0.244. The molecule has 5 rings (SSSR count). The molecule has 0 aromatic heterocycles. The van der Waals surface area contributed by atoms with E-state index < -0.39 is 17.7 Å². The number of carbonyl (C=O) groups is 2. The van der Waals surface area contributed by atoms with E-state index in [0.717, 1.165) is 39.2 Å². The van der Waals surface area contributed by atoms with Crippen LogP contribution in [-0.4, -0.2) is 24.8 Å². The Labute approximate surface area is 217 Å². The number of esters is 2. The molecule has 0 radical (unpaired) electrons. The molecule has 0 amide bonds. The molecule has 0 N–H and O–H groups in total. The van der Waals surface area contributed by atoms with Crippen molar-refractivity contribution in [3.8, 4) is 11.5 Å². The van der Waals surface area contributed by atoms with Crippen molar-refractivity contribution < 1.29 is 28.5 Å². The van der Waals surface area contributed by atoms with E-state index in [1.165, 1.54) is 6.08 Å². The van der Waals surface area contributed by atoms with E-state index in [4.69, 9.17) is 18.9 Å². The normalized spacial score (nSPS) is 17.1. The van der Waals surface area contributed by atoms with Gasteiger partial charge in [-0.05, 0) is 75.5 Å². The van der Waals surface area contributed by atoms with Gasteiger partial charge in [0.1, 0.15) is 12.2 Å². The van der Waals surface area contributed by atoms with Crippen molar-refractivity contribution >= 4 is 51.4 Å². The molecule has 7 heteroatoms. The lowest BCUT2D eigenvalue weighted by Gasteiger charge is -2.38. The van der Waals surface area contributed by atoms with E-state index in [-0.39, 0.29) is 5.57 Å². The topological polar surface area (TPSA) is 71.1 Å². The van der Waals surface area contributed by atoms with E-state index in [1.807, 2.05) is 30.3 Å². The molecule has 3 aromatic rings. The van der Waals surface area contributed by atoms with Gasteiger partial charge in [-0.15, -0.1) is 0 Å². The number of ether oxygens (including phenoxy) is 4. The predicted octanol–water partition coefficient (Wildman–Crippen LogP) is 6.18. The summed E-state index contributed by atoms with van der Waals surface area (Å²) in [6, 6.07) is 17.9. The molecule has 1 saturated heterocycles. The summed E-state index contributed by atoms with van der Waals surface area (Å²) in [6.45, 7) is 0.370. The molecular formula is C28H25IO6. The van der Waals surface area contributed by atoms with E-state index in [0.29, 0.717) is 36.5 Å². The Morgan fingerprint density at radius 3 is 2.43 bits per heavy atom. The zero-order valence-corrected chi connectivity index (χ0v) is 21.5. The van der Waals surface area contributed by atoms with E-state index >= 15 is 0 Å². The highest BCUT2D eigenvalue weighted by Crippen LogP contribution is 2.39. The summed E-state index contributed by atoms with van der Waals surface area (Å²) in [6.07, 6.45) is 5.37. The Morgan fingerprint density at radius 1 is 0.971 bits per heavy atom. The maximum absolute atomic E-state index is 12.7. The first-order valence-corrected chi connectivity index (χ1v) is 12.7. The van der Waals surface area contributed by atoms with Crippen LogP contribution in [0.2, 0.25) is 0 Å². The Hall–Kier alpha value is -3.07. The van der Waals surface area contributed by atoms with Crippen molar-refractivity contribution in [2.75, 3.05) is 7.11 Å². The Balaban J connectivity index is 1.38. The third-order valence-corrected chi connectivity index (χ3v) is 7.23. The third kappa shape index (κ3) is 4.87. The highest BCUT2D eigenvalue weighted by atomic mass is 127. The second kappa shape index (κ2) is 9.89. The van der Waals surface area contributed by atoms with Gasteiger partial charge < -0.3 is 18.9 Å². The molecule has 2 fully saturated rings. The van der Waals surface area contributed by atoms with Gasteiger partial charge in [-0.1, -0.05) is 48.9 Å². The fraction of sp³-hybridized carbons (Fsp3) is 0.286. The summed E-state index contributed by atoms with van der Waals surface area (Å²) in [5.41, 5.74) is 1.56. The molecule has 0 unspecified atom stereocenters. The van der Waals surface area contributed by atoms with Crippen molar-refractivity contribution in [3.05, 3.63) is 74.9 Å². The molecule has 1 saturated carbocycles. The van der Waals surface area contributed by atoms with Crippen LogP contribution in [0.3, 0.4) is 0 Å². The molecular weight excluding hydrogens is 559 g/mol. The first-order chi connectivity index (χ1) is 17.0. The van der Waals surface area contributed by atoms with Crippen molar-refractivity contribution in [1.82, 2.24) is 0 Å². The van der Waals surface area contributed by atoms with Crippen LogP contribution in [0.1, 0.15) is 43.2 Å². The van der Waals surface area contributed by atoms with Gasteiger partial charge in [-0.2, -0.15) is 0 Å². The smallest absolute Gasteiger partial charge is 0.348 e. The summed E-state index contributed by atoms with van der Waals surface area (Å²) >= 11 is 2.16. The van der Waals surface area contributed by atoms with Gasteiger partial charge in [0.05, 0.1) is 10.7 Å². The van der Waals surface area contributed by atoms with Gasteiger partial charge in [-0.3, -0.25) is 0 Å². The van der Waals surface area contributed by atoms with Crippen molar-refractivity contribution in [3.63, 3.8) is 0 Å². The van der Waals surface area contributed by atoms with Crippen LogP contribution in [0.15, 0.2) is 60.2 Å². The number of benzene rings is 3. The second-order valence-electron chi connectivity index (χ2n) is 8.77. The predicted molar refractivity (Wildman–Crippen MR) is 140 cm³/mol. The molecule has 6 nitrogen and oxygen atoms in total. The molecule has 180 valence electrons. The van der Waals surface area contributed by atoms with Crippen molar-refractivity contribution in [2.45, 2.75) is 44.5 Å². The molecule has 3 aromatic carbocycles. The highest BCUT2D eigenvalue weighted by molar-refractivity contribution is 14.1. The Morgan fingerprint density at radius 2 is 1.69 bits per heavy atom. The molecule has 1 heterocycles. The SMILES string of the molecule is COc1cc(C=C2C(=O)OC3(CCCCC3)OC2=O)cc(I)c1OCc1cccc2ccccc12. The minimum Gasteiger partial charge on any atom is -0.493 e. The van der Waals surface area contributed by atoms with Gasteiger partial charge in [0, 0.05) is 12.8 Å². The summed E-state index contributed by atoms with van der Waals surface area (Å²) in [7, 11) is 1.56. The third-order valence-electron chi connectivity index (χ3n) is 6.43. The molecule has 2 aliphatic rings. The number of hydrogen-bond acceptors (Lipinski definition) is 6. The fourth-order valence-corrected chi connectivity index (χ4v) is 5.44. The number of methoxy groups -OCH3 is 1. The molecule has 0 bridgehead atoms. The van der Waals surface area contributed by atoms with Crippen LogP contribution in [0.4, 0.5) is 0 Å². The largest absolute Gasteiger partial charge is 0.493 e. The maximum Gasteiger partial charge on any atom is 0.348 e. The number of carbonyl (C=O) groups excluding carboxylic acids is 2. The van der Waals surface area contributed by atoms with Gasteiger partial charge in [-0.25, -0.2) is 9.59 Å². The van der Waals surface area contributed by atoms with Gasteiger partial charge >= 0.3 is 11.9 Å². The first kappa shape index (κ1) is 23.7. The summed E-state index contributed by atoms with van der Waals surface area (Å²) in [5.74, 6) is -1.29. The van der Waals surface area contributed by atoms with Crippen LogP contribution in [0, 0.1) is 3.57 Å². The van der Waals surface area contributed by atoms with Crippen LogP contribution in [-0.2, 0) is 25.7 Å². The van der Waals surface area contributed by atoms with E-state index in [2.05, 4.69) is 40.8 Å². The van der Waals surface area contributed by atoms with E-state index in [9.17, 15) is 9.59 Å². The molecule has 1 aliphatic heterocycles. The summed E-state index contributed by atoms with van der Waals surface area (Å²) in [4.78, 5) is 25.4. The standard InChI is InChI=1S/C28H25IO6/c1-32-24-16-18(14-22-26(30)34-28(35-27(22)31)12-5-2-6-13-28)15-23(29)25(24)33-17-20-10-7-9-19-8-3-4-11-21(19)20/h3-4,7-11,14-16H,2,5-6,12-13,17H2,1H3. The van der Waals surface area contributed by atoms with Gasteiger partial charge in [0.15, 0.2) is 11.5 Å². The van der Waals surface area contributed by atoms with Gasteiger partial charge in [0.2, 0.25) is 0 Å². The average molecular weight is 584 g/mol. The number of fused-ring (bicyclic) bond motifs is 1. The van der Waals surface area contributed by atoms with Crippen molar-refractivity contribution in [2.24, 2.45) is 0 Å². The molecule has 1 aliphatic carbocycles. The van der Waals surface area contributed by atoms with Crippen LogP contribution in [0.5, 0.6) is 11.5 Å². The van der Waals surface area contributed by atoms with Crippen molar-refractivity contribution in [1.29, 1.82) is 0 Å². The van der Waals surface area contributed by atoms with Crippen LogP contribution >= 0.6 is 22.6 Å². The minimum atomic E-state index is -1.10. The van der Waals surface area contributed by atoms with Crippen LogP contribution in [0.25, 0.3) is 16.8 Å². The summed E-state index contributed by atoms with van der Waals surface area (Å²) in [5, 5.41) is 2.29. The number of halogens is 1. The average Bonchev–Trinajstić information content (AvgIpc) is 2.86. The zero-order valence-electron chi connectivity index (χ0n) is 19.3. The fourth-order valence-electron chi connectivity index (χ4n) is 4.66. The molecule has 1 spiro atoms. The summed E-state index contributed by atoms with van der Waals surface area (Å²) < 4.78 is 23.7. The second-order valence-corrected chi connectivity index (χ2v) is 9.93. The molecule has 35 heavy (non-hydrogen) atoms. The Kier molecular flexibility index (Phi) is 6.69. The Bertz CT molecular complexity index is 1300. The minimum absolute atomic E-state index is 0.122. The van der Waals surface area contributed by atoms with Crippen LogP contribution < -0.4 is 9.47 Å². The first-order valence-electron chi connectivity index (χ1n) is 11.6. The lowest BCUT2D eigenvalue weighted by atomic mass is 9.93. The molecule has 0 atom stereocenters. The monoisotopic (exact) mass is 584 g/mol. The quantitative estimate of drug-likeness (QED) is 0.155. The van der Waals surface area contributed by atoms with E-state index in [1.54, 1.807) is 13.2 Å². The lowest BCUT2D eigenvalue weighted by Crippen LogP contribution is -2.47.